The first-order valence-corrected chi connectivity index (χ1v) is 5.57. The molecule has 0 heterocycles. The van der Waals surface area contributed by atoms with Crippen LogP contribution in [0, 0.1) is 11.2 Å². The molecule has 0 atom stereocenters. The van der Waals surface area contributed by atoms with Crippen molar-refractivity contribution in [2.45, 2.75) is 20.4 Å². The quantitative estimate of drug-likeness (QED) is 0.869. The standard InChI is InChI=1S/C13H19FN2O/c1-13(2,9-15)12(17)16(3)8-10-5-4-6-11(14)7-10/h4-7H,8-9,15H2,1-3H3. The van der Waals surface area contributed by atoms with Gasteiger partial charge in [0, 0.05) is 20.1 Å². The van der Waals surface area contributed by atoms with Gasteiger partial charge in [-0.3, -0.25) is 4.79 Å². The van der Waals surface area contributed by atoms with Gasteiger partial charge in [-0.2, -0.15) is 0 Å². The molecule has 0 radical (unpaired) electrons. The molecular weight excluding hydrogens is 219 g/mol. The second kappa shape index (κ2) is 5.27. The molecule has 0 aliphatic heterocycles. The van der Waals surface area contributed by atoms with Gasteiger partial charge >= 0.3 is 0 Å². The molecule has 0 unspecified atom stereocenters. The van der Waals surface area contributed by atoms with Crippen molar-refractivity contribution in [2.24, 2.45) is 11.1 Å². The second-order valence-corrected chi connectivity index (χ2v) is 4.88. The molecule has 0 aromatic heterocycles. The van der Waals surface area contributed by atoms with Crippen LogP contribution in [0.5, 0.6) is 0 Å². The molecule has 0 aliphatic rings. The molecule has 94 valence electrons. The Bertz CT molecular complexity index is 404. The van der Waals surface area contributed by atoms with Crippen molar-refractivity contribution < 1.29 is 9.18 Å². The Hall–Kier alpha value is -1.42. The Morgan fingerprint density at radius 1 is 1.47 bits per heavy atom. The first-order valence-electron chi connectivity index (χ1n) is 5.57. The summed E-state index contributed by atoms with van der Waals surface area (Å²) < 4.78 is 13.0. The summed E-state index contributed by atoms with van der Waals surface area (Å²) in [6, 6.07) is 6.24. The molecule has 1 aromatic rings. The summed E-state index contributed by atoms with van der Waals surface area (Å²) in [5.41, 5.74) is 5.75. The predicted octanol–water partition coefficient (Wildman–Crippen LogP) is 1.77. The molecule has 0 saturated carbocycles. The first-order chi connectivity index (χ1) is 7.86. The highest BCUT2D eigenvalue weighted by Crippen LogP contribution is 2.17. The number of carbonyl (C=O) groups is 1. The zero-order valence-corrected chi connectivity index (χ0v) is 10.5. The van der Waals surface area contributed by atoms with E-state index in [1.54, 1.807) is 37.9 Å². The highest BCUT2D eigenvalue weighted by molar-refractivity contribution is 5.81. The fourth-order valence-corrected chi connectivity index (χ4v) is 1.58. The van der Waals surface area contributed by atoms with Crippen molar-refractivity contribution in [3.05, 3.63) is 35.6 Å². The second-order valence-electron chi connectivity index (χ2n) is 4.88. The summed E-state index contributed by atoms with van der Waals surface area (Å²) in [4.78, 5) is 13.6. The predicted molar refractivity (Wildman–Crippen MR) is 65.7 cm³/mol. The monoisotopic (exact) mass is 238 g/mol. The van der Waals surface area contributed by atoms with Gasteiger partial charge < -0.3 is 10.6 Å². The lowest BCUT2D eigenvalue weighted by Crippen LogP contribution is -2.42. The van der Waals surface area contributed by atoms with Crippen LogP contribution >= 0.6 is 0 Å². The van der Waals surface area contributed by atoms with Gasteiger partial charge in [0.2, 0.25) is 5.91 Å². The molecule has 0 fully saturated rings. The maximum atomic E-state index is 13.0. The van der Waals surface area contributed by atoms with Crippen LogP contribution in [0.25, 0.3) is 0 Å². The van der Waals surface area contributed by atoms with Crippen molar-refractivity contribution in [3.8, 4) is 0 Å². The highest BCUT2D eigenvalue weighted by Gasteiger charge is 2.28. The highest BCUT2D eigenvalue weighted by atomic mass is 19.1. The van der Waals surface area contributed by atoms with Crippen LogP contribution in [0.4, 0.5) is 4.39 Å². The van der Waals surface area contributed by atoms with E-state index in [4.69, 9.17) is 5.73 Å². The fraction of sp³-hybridized carbons (Fsp3) is 0.462. The lowest BCUT2D eigenvalue weighted by molar-refractivity contribution is -0.139. The van der Waals surface area contributed by atoms with Crippen LogP contribution in [0.3, 0.4) is 0 Å². The smallest absolute Gasteiger partial charge is 0.229 e. The number of halogens is 1. The van der Waals surface area contributed by atoms with Gasteiger partial charge in [0.15, 0.2) is 0 Å². The van der Waals surface area contributed by atoms with E-state index in [-0.39, 0.29) is 11.7 Å². The summed E-state index contributed by atoms with van der Waals surface area (Å²) >= 11 is 0. The van der Waals surface area contributed by atoms with Crippen molar-refractivity contribution in [1.29, 1.82) is 0 Å². The zero-order chi connectivity index (χ0) is 13.1. The number of nitrogens with zero attached hydrogens (tertiary/aromatic N) is 1. The van der Waals surface area contributed by atoms with E-state index in [9.17, 15) is 9.18 Å². The molecule has 0 saturated heterocycles. The molecule has 17 heavy (non-hydrogen) atoms. The minimum atomic E-state index is -0.581. The van der Waals surface area contributed by atoms with E-state index in [1.165, 1.54) is 12.1 Å². The van der Waals surface area contributed by atoms with E-state index in [0.29, 0.717) is 13.1 Å². The minimum absolute atomic E-state index is 0.0377. The molecular formula is C13H19FN2O. The summed E-state index contributed by atoms with van der Waals surface area (Å²) in [5.74, 6) is -0.328. The van der Waals surface area contributed by atoms with Gasteiger partial charge in [-0.25, -0.2) is 4.39 Å². The SMILES string of the molecule is CN(Cc1cccc(F)c1)C(=O)C(C)(C)CN. The zero-order valence-electron chi connectivity index (χ0n) is 10.5. The lowest BCUT2D eigenvalue weighted by atomic mass is 9.92. The minimum Gasteiger partial charge on any atom is -0.341 e. The number of rotatable bonds is 4. The number of hydrogen-bond acceptors (Lipinski definition) is 2. The molecule has 2 N–H and O–H groups in total. The van der Waals surface area contributed by atoms with Crippen LogP contribution in [0.1, 0.15) is 19.4 Å². The Morgan fingerprint density at radius 2 is 2.12 bits per heavy atom. The maximum absolute atomic E-state index is 13.0. The summed E-state index contributed by atoms with van der Waals surface area (Å²) in [6.07, 6.45) is 0. The van der Waals surface area contributed by atoms with Crippen molar-refractivity contribution in [2.75, 3.05) is 13.6 Å². The number of hydrogen-bond donors (Lipinski definition) is 1. The number of benzene rings is 1. The Kier molecular flexibility index (Phi) is 4.23. The maximum Gasteiger partial charge on any atom is 0.229 e. The van der Waals surface area contributed by atoms with E-state index in [0.717, 1.165) is 5.56 Å². The van der Waals surface area contributed by atoms with Gasteiger partial charge in [0.05, 0.1) is 5.41 Å². The van der Waals surface area contributed by atoms with E-state index < -0.39 is 5.41 Å². The lowest BCUT2D eigenvalue weighted by Gasteiger charge is -2.28. The summed E-state index contributed by atoms with van der Waals surface area (Å²) in [7, 11) is 1.70. The van der Waals surface area contributed by atoms with E-state index >= 15 is 0 Å². The van der Waals surface area contributed by atoms with Gasteiger partial charge in [-0.15, -0.1) is 0 Å². The topological polar surface area (TPSA) is 46.3 Å². The summed E-state index contributed by atoms with van der Waals surface area (Å²) in [6.45, 7) is 4.29. The van der Waals surface area contributed by atoms with Gasteiger partial charge in [0.25, 0.3) is 0 Å². The van der Waals surface area contributed by atoms with Gasteiger partial charge in [-0.05, 0) is 31.5 Å². The van der Waals surface area contributed by atoms with Crippen molar-refractivity contribution in [1.82, 2.24) is 4.90 Å². The average Bonchev–Trinajstić information content (AvgIpc) is 2.28. The molecule has 0 bridgehead atoms. The first kappa shape index (κ1) is 13.6. The van der Waals surface area contributed by atoms with Crippen molar-refractivity contribution in [3.63, 3.8) is 0 Å². The average molecular weight is 238 g/mol. The molecule has 3 nitrogen and oxygen atoms in total. The number of amides is 1. The number of nitrogens with two attached hydrogens (primary N) is 1. The van der Waals surface area contributed by atoms with Crippen LogP contribution in [0.15, 0.2) is 24.3 Å². The Balaban J connectivity index is 2.73. The van der Waals surface area contributed by atoms with Crippen LogP contribution < -0.4 is 5.73 Å². The Morgan fingerprint density at radius 3 is 2.65 bits per heavy atom. The van der Waals surface area contributed by atoms with Crippen molar-refractivity contribution >= 4 is 5.91 Å². The summed E-state index contributed by atoms with van der Waals surface area (Å²) in [5, 5.41) is 0. The van der Waals surface area contributed by atoms with E-state index in [1.807, 2.05) is 0 Å². The largest absolute Gasteiger partial charge is 0.341 e. The van der Waals surface area contributed by atoms with Gasteiger partial charge in [0.1, 0.15) is 5.82 Å². The van der Waals surface area contributed by atoms with Crippen LogP contribution in [0.2, 0.25) is 0 Å². The molecule has 4 heteroatoms. The normalized spacial score (nSPS) is 11.4. The Labute approximate surface area is 101 Å². The van der Waals surface area contributed by atoms with Crippen LogP contribution in [-0.4, -0.2) is 24.4 Å². The molecule has 0 spiro atoms. The molecule has 1 amide bonds. The van der Waals surface area contributed by atoms with Gasteiger partial charge in [-0.1, -0.05) is 12.1 Å². The third-order valence-corrected chi connectivity index (χ3v) is 2.74. The fourth-order valence-electron chi connectivity index (χ4n) is 1.58. The molecule has 1 rings (SSSR count). The third-order valence-electron chi connectivity index (χ3n) is 2.74. The third kappa shape index (κ3) is 3.53. The number of carbonyl (C=O) groups excluding carboxylic acids is 1. The molecule has 1 aromatic carbocycles. The van der Waals surface area contributed by atoms with Crippen LogP contribution in [-0.2, 0) is 11.3 Å². The molecule has 0 aliphatic carbocycles. The van der Waals surface area contributed by atoms with E-state index in [2.05, 4.69) is 0 Å².